The fourth-order valence-electron chi connectivity index (χ4n) is 5.95. The molecule has 2 bridgehead atoms. The molecule has 0 saturated carbocycles. The number of hydrogen-bond donors (Lipinski definition) is 2. The summed E-state index contributed by atoms with van der Waals surface area (Å²) in [7, 11) is 4.15. The van der Waals surface area contributed by atoms with Gasteiger partial charge in [0, 0.05) is 42.5 Å². The van der Waals surface area contributed by atoms with Crippen LogP contribution in [0.4, 0.5) is 10.2 Å². The number of phenols is 1. The molecule has 2 aliphatic rings. The first-order valence-electron chi connectivity index (χ1n) is 13.3. The number of hydrogen-bond acceptors (Lipinski definition) is 6. The fourth-order valence-corrected chi connectivity index (χ4v) is 5.95. The van der Waals surface area contributed by atoms with Gasteiger partial charge in [-0.05, 0) is 80.9 Å². The van der Waals surface area contributed by atoms with Crippen LogP contribution in [0, 0.1) is 5.82 Å². The second-order valence-corrected chi connectivity index (χ2v) is 10.8. The third-order valence-corrected chi connectivity index (χ3v) is 7.74. The van der Waals surface area contributed by atoms with Gasteiger partial charge < -0.3 is 20.2 Å². The summed E-state index contributed by atoms with van der Waals surface area (Å²) in [6.07, 6.45) is 5.05. The molecule has 2 saturated heterocycles. The van der Waals surface area contributed by atoms with Crippen LogP contribution in [0.1, 0.15) is 31.5 Å². The van der Waals surface area contributed by atoms with Gasteiger partial charge in [-0.15, -0.1) is 0 Å². The summed E-state index contributed by atoms with van der Waals surface area (Å²) >= 11 is 0. The van der Waals surface area contributed by atoms with Crippen molar-refractivity contribution in [1.82, 2.24) is 20.2 Å². The molecule has 3 heterocycles. The third kappa shape index (κ3) is 4.74. The molecule has 2 aliphatic heterocycles. The topological polar surface area (TPSA) is 64.5 Å². The Kier molecular flexibility index (Phi) is 6.42. The minimum atomic E-state index is -0.357. The number of benzene rings is 3. The average Bonchev–Trinajstić information content (AvgIpc) is 3.23. The molecule has 7 heteroatoms. The average molecular weight is 500 g/mol. The Hall–Kier alpha value is -3.29. The second-order valence-electron chi connectivity index (χ2n) is 10.8. The van der Waals surface area contributed by atoms with E-state index >= 15 is 4.39 Å². The number of nitrogens with one attached hydrogen (secondary N) is 1. The number of unbranched alkanes of at least 4 members (excludes halogenated alkanes) is 1. The molecule has 3 aromatic carbocycles. The van der Waals surface area contributed by atoms with Crippen LogP contribution in [0.5, 0.6) is 5.75 Å². The zero-order chi connectivity index (χ0) is 25.5. The summed E-state index contributed by atoms with van der Waals surface area (Å²) in [5.41, 5.74) is 1.48. The number of rotatable bonds is 7. The number of phenolic OH excluding ortho intramolecular Hbond substituents is 1. The van der Waals surface area contributed by atoms with Crippen molar-refractivity contribution in [3.63, 3.8) is 0 Å². The lowest BCUT2D eigenvalue weighted by Crippen LogP contribution is -2.51. The molecule has 0 radical (unpaired) electrons. The van der Waals surface area contributed by atoms with Crippen LogP contribution in [-0.4, -0.2) is 65.8 Å². The maximum atomic E-state index is 16.4. The number of anilines is 1. The zero-order valence-electron chi connectivity index (χ0n) is 21.5. The van der Waals surface area contributed by atoms with Gasteiger partial charge in [0.15, 0.2) is 5.82 Å². The van der Waals surface area contributed by atoms with Gasteiger partial charge in [-0.1, -0.05) is 30.3 Å². The molecule has 2 atom stereocenters. The van der Waals surface area contributed by atoms with Gasteiger partial charge in [0.25, 0.3) is 0 Å². The zero-order valence-corrected chi connectivity index (χ0v) is 21.5. The van der Waals surface area contributed by atoms with Crippen LogP contribution in [0.25, 0.3) is 32.8 Å². The van der Waals surface area contributed by atoms with Crippen LogP contribution in [0.15, 0.2) is 48.5 Å². The minimum Gasteiger partial charge on any atom is -0.508 e. The Balaban J connectivity index is 1.46. The van der Waals surface area contributed by atoms with E-state index < -0.39 is 0 Å². The van der Waals surface area contributed by atoms with Crippen molar-refractivity contribution in [3.05, 3.63) is 60.2 Å². The molecular weight excluding hydrogens is 465 g/mol. The van der Waals surface area contributed by atoms with E-state index in [1.54, 1.807) is 12.1 Å². The van der Waals surface area contributed by atoms with E-state index in [0.29, 0.717) is 41.0 Å². The van der Waals surface area contributed by atoms with Gasteiger partial charge in [-0.25, -0.2) is 14.4 Å². The van der Waals surface area contributed by atoms with E-state index in [2.05, 4.69) is 29.2 Å². The van der Waals surface area contributed by atoms with E-state index in [4.69, 9.17) is 9.97 Å². The fraction of sp³-hybridized carbons (Fsp3) is 0.400. The SMILES string of the molecule is CN(C)CCCCc1nc(N2CC3CCC(C2)N3)c2ccc(-c3cc(O)cc4ccccc34)c(F)c2n1. The minimum absolute atomic E-state index is 0.120. The molecule has 1 aromatic heterocycles. The van der Waals surface area contributed by atoms with Crippen molar-refractivity contribution in [2.24, 2.45) is 0 Å². The first-order chi connectivity index (χ1) is 18.0. The van der Waals surface area contributed by atoms with Gasteiger partial charge >= 0.3 is 0 Å². The summed E-state index contributed by atoms with van der Waals surface area (Å²) in [6, 6.07) is 15.8. The van der Waals surface area contributed by atoms with Crippen LogP contribution in [0.3, 0.4) is 0 Å². The maximum Gasteiger partial charge on any atom is 0.157 e. The summed E-state index contributed by atoms with van der Waals surface area (Å²) in [5.74, 6) is 1.31. The molecule has 0 spiro atoms. The lowest BCUT2D eigenvalue weighted by atomic mass is 9.96. The van der Waals surface area contributed by atoms with Crippen LogP contribution >= 0.6 is 0 Å². The molecule has 2 fully saturated rings. The number of aryl methyl sites for hydroxylation is 1. The molecule has 6 nitrogen and oxygen atoms in total. The quantitative estimate of drug-likeness (QED) is 0.344. The van der Waals surface area contributed by atoms with Crippen molar-refractivity contribution in [2.45, 2.75) is 44.2 Å². The number of halogens is 1. The Morgan fingerprint density at radius 3 is 2.54 bits per heavy atom. The molecule has 2 unspecified atom stereocenters. The predicted molar refractivity (Wildman–Crippen MR) is 148 cm³/mol. The number of aromatic nitrogens is 2. The molecule has 0 amide bonds. The predicted octanol–water partition coefficient (Wildman–Crippen LogP) is 5.12. The summed E-state index contributed by atoms with van der Waals surface area (Å²) < 4.78 is 16.4. The highest BCUT2D eigenvalue weighted by molar-refractivity contribution is 6.01. The first kappa shape index (κ1) is 24.1. The normalized spacial score (nSPS) is 19.4. The van der Waals surface area contributed by atoms with Gasteiger partial charge in [0.2, 0.25) is 0 Å². The van der Waals surface area contributed by atoms with E-state index in [1.807, 2.05) is 36.4 Å². The lowest BCUT2D eigenvalue weighted by molar-refractivity contribution is 0.393. The largest absolute Gasteiger partial charge is 0.508 e. The Morgan fingerprint density at radius 2 is 1.76 bits per heavy atom. The van der Waals surface area contributed by atoms with Gasteiger partial charge in [-0.3, -0.25) is 0 Å². The van der Waals surface area contributed by atoms with Gasteiger partial charge in [0.05, 0.1) is 0 Å². The first-order valence-corrected chi connectivity index (χ1v) is 13.3. The standard InChI is InChI=1S/C30H34FN5O/c1-35(2)14-6-5-9-27-33-29-25(30(34-27)36-17-20-10-11-21(18-36)32-20)13-12-24(28(29)31)26-16-22(37)15-19-7-3-4-8-23(19)26/h3-4,7-8,12-13,15-16,20-21,32,37H,5-6,9-11,14,17-18H2,1-2H3. The van der Waals surface area contributed by atoms with E-state index in [0.717, 1.165) is 54.5 Å². The molecule has 192 valence electrons. The van der Waals surface area contributed by atoms with Crippen LogP contribution < -0.4 is 10.2 Å². The van der Waals surface area contributed by atoms with Gasteiger partial charge in [-0.2, -0.15) is 0 Å². The van der Waals surface area contributed by atoms with E-state index in [1.165, 1.54) is 12.8 Å². The lowest BCUT2D eigenvalue weighted by Gasteiger charge is -2.34. The van der Waals surface area contributed by atoms with Crippen LogP contribution in [0.2, 0.25) is 0 Å². The Morgan fingerprint density at radius 1 is 0.973 bits per heavy atom. The van der Waals surface area contributed by atoms with Crippen molar-refractivity contribution >= 4 is 27.5 Å². The van der Waals surface area contributed by atoms with E-state index in [-0.39, 0.29) is 11.6 Å². The maximum absolute atomic E-state index is 16.4. The molecule has 37 heavy (non-hydrogen) atoms. The van der Waals surface area contributed by atoms with Crippen molar-refractivity contribution in [3.8, 4) is 16.9 Å². The van der Waals surface area contributed by atoms with Crippen molar-refractivity contribution < 1.29 is 9.50 Å². The van der Waals surface area contributed by atoms with E-state index in [9.17, 15) is 5.11 Å². The highest BCUT2D eigenvalue weighted by atomic mass is 19.1. The molecule has 2 N–H and O–H groups in total. The monoisotopic (exact) mass is 499 g/mol. The number of nitrogens with zero attached hydrogens (tertiary/aromatic N) is 4. The summed E-state index contributed by atoms with van der Waals surface area (Å²) in [4.78, 5) is 14.3. The molecule has 4 aromatic rings. The van der Waals surface area contributed by atoms with Crippen LogP contribution in [-0.2, 0) is 6.42 Å². The highest BCUT2D eigenvalue weighted by Crippen LogP contribution is 2.38. The second kappa shape index (κ2) is 9.88. The number of fused-ring (bicyclic) bond motifs is 4. The third-order valence-electron chi connectivity index (χ3n) is 7.74. The smallest absolute Gasteiger partial charge is 0.157 e. The van der Waals surface area contributed by atoms with Gasteiger partial charge in [0.1, 0.15) is 22.9 Å². The molecular formula is C30H34FN5O. The highest BCUT2D eigenvalue weighted by Gasteiger charge is 2.34. The number of piperazine rings is 1. The number of aromatic hydroxyl groups is 1. The van der Waals surface area contributed by atoms with Crippen molar-refractivity contribution in [2.75, 3.05) is 38.6 Å². The molecule has 0 aliphatic carbocycles. The summed E-state index contributed by atoms with van der Waals surface area (Å²) in [6.45, 7) is 2.76. The van der Waals surface area contributed by atoms with Crippen molar-refractivity contribution in [1.29, 1.82) is 0 Å². The Labute approximate surface area is 217 Å². The summed E-state index contributed by atoms with van der Waals surface area (Å²) in [5, 5.41) is 16.6. The molecule has 6 rings (SSSR count). The Bertz CT molecular complexity index is 1440.